The Balaban J connectivity index is 1.93. The number of hydrogen-bond acceptors (Lipinski definition) is 4. The van der Waals surface area contributed by atoms with Crippen LogP contribution in [-0.2, 0) is 0 Å². The van der Waals surface area contributed by atoms with Gasteiger partial charge in [0, 0.05) is 21.5 Å². The molecule has 0 unspecified atom stereocenters. The van der Waals surface area contributed by atoms with Gasteiger partial charge in [0.2, 0.25) is 0 Å². The number of rotatable bonds is 2. The molecule has 7 heteroatoms. The molecule has 5 nitrogen and oxygen atoms in total. The standard InChI is InChI=1S/C19H20ClN3O2S/c1-11-15(12-3-5-13(20)6-4-12)16-17(26-11)21-19(25)23(18(16)24)14-7-9-22(2)10-8-14/h3-6,14H,7-10H2,1-2H3,(H,21,25). The maximum atomic E-state index is 13.3. The van der Waals surface area contributed by atoms with Crippen LogP contribution in [0.1, 0.15) is 23.8 Å². The highest BCUT2D eigenvalue weighted by Gasteiger charge is 2.24. The fraction of sp³-hybridized carbons (Fsp3) is 0.368. The molecule has 0 saturated carbocycles. The number of piperidine rings is 1. The Bertz CT molecular complexity index is 1070. The third-order valence-corrected chi connectivity index (χ3v) is 6.41. The minimum atomic E-state index is -0.305. The number of benzene rings is 1. The van der Waals surface area contributed by atoms with E-state index in [1.54, 1.807) is 0 Å². The Labute approximate surface area is 159 Å². The number of aryl methyl sites for hydroxylation is 1. The average Bonchev–Trinajstić information content (AvgIpc) is 2.93. The van der Waals surface area contributed by atoms with Crippen LogP contribution in [0.15, 0.2) is 33.9 Å². The van der Waals surface area contributed by atoms with E-state index in [1.165, 1.54) is 15.9 Å². The lowest BCUT2D eigenvalue weighted by Crippen LogP contribution is -2.42. The van der Waals surface area contributed by atoms with Crippen molar-refractivity contribution >= 4 is 33.2 Å². The van der Waals surface area contributed by atoms with Crippen LogP contribution in [0.2, 0.25) is 5.02 Å². The van der Waals surface area contributed by atoms with Crippen molar-refractivity contribution in [1.82, 2.24) is 14.5 Å². The van der Waals surface area contributed by atoms with Gasteiger partial charge in [-0.1, -0.05) is 23.7 Å². The molecule has 0 atom stereocenters. The summed E-state index contributed by atoms with van der Waals surface area (Å²) in [5.41, 5.74) is 1.34. The van der Waals surface area contributed by atoms with E-state index < -0.39 is 0 Å². The highest BCUT2D eigenvalue weighted by molar-refractivity contribution is 7.19. The summed E-state index contributed by atoms with van der Waals surface area (Å²) in [6.45, 7) is 3.76. The van der Waals surface area contributed by atoms with E-state index in [4.69, 9.17) is 11.6 Å². The molecule has 1 N–H and O–H groups in total. The second-order valence-corrected chi connectivity index (χ2v) is 8.55. The molecule has 3 aromatic rings. The van der Waals surface area contributed by atoms with Crippen molar-refractivity contribution in [1.29, 1.82) is 0 Å². The molecular formula is C19H20ClN3O2S. The van der Waals surface area contributed by atoms with Gasteiger partial charge in [0.25, 0.3) is 5.56 Å². The minimum Gasteiger partial charge on any atom is -0.306 e. The number of hydrogen-bond donors (Lipinski definition) is 1. The number of halogens is 1. The lowest BCUT2D eigenvalue weighted by Gasteiger charge is -2.29. The highest BCUT2D eigenvalue weighted by Crippen LogP contribution is 2.35. The summed E-state index contributed by atoms with van der Waals surface area (Å²) in [6, 6.07) is 7.43. The van der Waals surface area contributed by atoms with Crippen LogP contribution in [0.3, 0.4) is 0 Å². The van der Waals surface area contributed by atoms with E-state index in [0.29, 0.717) is 15.2 Å². The zero-order valence-electron chi connectivity index (χ0n) is 14.7. The fourth-order valence-corrected chi connectivity index (χ4v) is 4.94. The van der Waals surface area contributed by atoms with Crippen molar-refractivity contribution in [2.75, 3.05) is 20.1 Å². The number of H-pyrrole nitrogens is 1. The first-order chi connectivity index (χ1) is 12.5. The van der Waals surface area contributed by atoms with Gasteiger partial charge in [0.15, 0.2) is 0 Å². The van der Waals surface area contributed by atoms with Crippen LogP contribution in [0, 0.1) is 6.92 Å². The summed E-state index contributed by atoms with van der Waals surface area (Å²) >= 11 is 7.46. The molecular weight excluding hydrogens is 370 g/mol. The Kier molecular flexibility index (Phi) is 4.50. The van der Waals surface area contributed by atoms with Gasteiger partial charge in [-0.15, -0.1) is 11.3 Å². The smallest absolute Gasteiger partial charge is 0.306 e. The number of likely N-dealkylation sites (tertiary alicyclic amines) is 1. The first-order valence-corrected chi connectivity index (χ1v) is 9.87. The van der Waals surface area contributed by atoms with Crippen LogP contribution in [-0.4, -0.2) is 34.6 Å². The average molecular weight is 390 g/mol. The predicted molar refractivity (Wildman–Crippen MR) is 108 cm³/mol. The number of nitrogens with one attached hydrogen (secondary N) is 1. The zero-order chi connectivity index (χ0) is 18.4. The first kappa shape index (κ1) is 17.5. The minimum absolute atomic E-state index is 0.0508. The van der Waals surface area contributed by atoms with Gasteiger partial charge in [-0.05, 0) is 57.6 Å². The Hall–Kier alpha value is -1.89. The number of fused-ring (bicyclic) bond motifs is 1. The summed E-state index contributed by atoms with van der Waals surface area (Å²) in [4.78, 5) is 32.8. The largest absolute Gasteiger partial charge is 0.329 e. The van der Waals surface area contributed by atoms with Gasteiger partial charge in [-0.25, -0.2) is 4.79 Å². The molecule has 1 aromatic carbocycles. The third-order valence-electron chi connectivity index (χ3n) is 5.14. The molecule has 0 radical (unpaired) electrons. The summed E-state index contributed by atoms with van der Waals surface area (Å²) < 4.78 is 1.43. The Morgan fingerprint density at radius 3 is 2.46 bits per heavy atom. The van der Waals surface area contributed by atoms with Crippen LogP contribution >= 0.6 is 22.9 Å². The van der Waals surface area contributed by atoms with Crippen LogP contribution < -0.4 is 11.2 Å². The maximum absolute atomic E-state index is 13.3. The number of nitrogens with zero attached hydrogens (tertiary/aromatic N) is 2. The van der Waals surface area contributed by atoms with Gasteiger partial charge < -0.3 is 4.90 Å². The van der Waals surface area contributed by atoms with Crippen molar-refractivity contribution < 1.29 is 0 Å². The molecule has 0 amide bonds. The second-order valence-electron chi connectivity index (χ2n) is 6.88. The Morgan fingerprint density at radius 1 is 1.15 bits per heavy atom. The molecule has 4 rings (SSSR count). The second kappa shape index (κ2) is 6.68. The molecule has 1 saturated heterocycles. The molecule has 1 fully saturated rings. The quantitative estimate of drug-likeness (QED) is 0.727. The molecule has 26 heavy (non-hydrogen) atoms. The fourth-order valence-electron chi connectivity index (χ4n) is 3.76. The summed E-state index contributed by atoms with van der Waals surface area (Å²) in [5, 5.41) is 1.26. The van der Waals surface area contributed by atoms with Crippen molar-refractivity contribution in [2.45, 2.75) is 25.8 Å². The molecule has 2 aromatic heterocycles. The lowest BCUT2D eigenvalue weighted by atomic mass is 10.0. The van der Waals surface area contributed by atoms with Gasteiger partial charge in [0.05, 0.1) is 5.39 Å². The van der Waals surface area contributed by atoms with Crippen molar-refractivity contribution in [3.8, 4) is 11.1 Å². The molecule has 0 spiro atoms. The molecule has 1 aliphatic heterocycles. The van der Waals surface area contributed by atoms with E-state index in [0.717, 1.165) is 41.9 Å². The molecule has 1 aliphatic rings. The van der Waals surface area contributed by atoms with Crippen molar-refractivity contribution in [3.05, 3.63) is 55.0 Å². The molecule has 3 heterocycles. The highest BCUT2D eigenvalue weighted by atomic mass is 35.5. The molecule has 136 valence electrons. The van der Waals surface area contributed by atoms with E-state index in [9.17, 15) is 9.59 Å². The van der Waals surface area contributed by atoms with Gasteiger partial charge in [0.1, 0.15) is 4.83 Å². The molecule has 0 bridgehead atoms. The summed E-state index contributed by atoms with van der Waals surface area (Å²) in [7, 11) is 2.06. The van der Waals surface area contributed by atoms with E-state index in [-0.39, 0.29) is 17.3 Å². The van der Waals surface area contributed by atoms with Gasteiger partial charge in [-0.3, -0.25) is 14.3 Å². The SMILES string of the molecule is Cc1sc2[nH]c(=O)n(C3CCN(C)CC3)c(=O)c2c1-c1ccc(Cl)cc1. The van der Waals surface area contributed by atoms with E-state index >= 15 is 0 Å². The van der Waals surface area contributed by atoms with Crippen LogP contribution in [0.5, 0.6) is 0 Å². The monoisotopic (exact) mass is 389 g/mol. The van der Waals surface area contributed by atoms with E-state index in [1.807, 2.05) is 31.2 Å². The number of aromatic nitrogens is 2. The summed E-state index contributed by atoms with van der Waals surface area (Å²) in [5.74, 6) is 0. The number of aromatic amines is 1. The summed E-state index contributed by atoms with van der Waals surface area (Å²) in [6.07, 6.45) is 1.62. The van der Waals surface area contributed by atoms with Crippen molar-refractivity contribution in [3.63, 3.8) is 0 Å². The van der Waals surface area contributed by atoms with Crippen molar-refractivity contribution in [2.24, 2.45) is 0 Å². The maximum Gasteiger partial charge on any atom is 0.329 e. The predicted octanol–water partition coefficient (Wildman–Crippen LogP) is 3.65. The zero-order valence-corrected chi connectivity index (χ0v) is 16.3. The first-order valence-electron chi connectivity index (χ1n) is 8.68. The normalized spacial score (nSPS) is 16.4. The van der Waals surface area contributed by atoms with Crippen LogP contribution in [0.4, 0.5) is 0 Å². The lowest BCUT2D eigenvalue weighted by molar-refractivity contribution is 0.216. The van der Waals surface area contributed by atoms with E-state index in [2.05, 4.69) is 16.9 Å². The number of thiophene rings is 1. The van der Waals surface area contributed by atoms with Gasteiger partial charge >= 0.3 is 5.69 Å². The third kappa shape index (κ3) is 2.92. The van der Waals surface area contributed by atoms with Crippen LogP contribution in [0.25, 0.3) is 21.3 Å². The topological polar surface area (TPSA) is 58.1 Å². The Morgan fingerprint density at radius 2 is 1.81 bits per heavy atom. The van der Waals surface area contributed by atoms with Gasteiger partial charge in [-0.2, -0.15) is 0 Å². The molecule has 0 aliphatic carbocycles.